The van der Waals surface area contributed by atoms with Crippen LogP contribution < -0.4 is 0 Å². The molecule has 23 heavy (non-hydrogen) atoms. The van der Waals surface area contributed by atoms with Crippen LogP contribution in [-0.2, 0) is 15.9 Å². The van der Waals surface area contributed by atoms with E-state index in [4.69, 9.17) is 9.84 Å². The zero-order valence-corrected chi connectivity index (χ0v) is 12.8. The Bertz CT molecular complexity index is 531. The number of ether oxygens (including phenoxy) is 2. The highest BCUT2D eigenvalue weighted by Gasteiger charge is 2.42. The van der Waals surface area contributed by atoms with Crippen molar-refractivity contribution < 1.29 is 34.7 Å². The number of carbonyl (C=O) groups excluding carboxylic acids is 1. The van der Waals surface area contributed by atoms with Crippen molar-refractivity contribution in [3.63, 3.8) is 0 Å². The summed E-state index contributed by atoms with van der Waals surface area (Å²) in [4.78, 5) is 11.5. The van der Waals surface area contributed by atoms with E-state index < -0.39 is 43.1 Å². The van der Waals surface area contributed by atoms with Crippen LogP contribution in [0.15, 0.2) is 24.3 Å². The summed E-state index contributed by atoms with van der Waals surface area (Å²) < 4.78 is 10.1. The second kappa shape index (κ2) is 7.85. The molecule has 4 N–H and O–H groups in total. The average Bonchev–Trinajstić information content (AvgIpc) is 2.58. The molecule has 0 aliphatic carbocycles. The van der Waals surface area contributed by atoms with Gasteiger partial charge in [-0.25, -0.2) is 4.79 Å². The molecule has 2 rings (SSSR count). The van der Waals surface area contributed by atoms with E-state index in [1.165, 1.54) is 7.11 Å². The van der Waals surface area contributed by atoms with Gasteiger partial charge in [-0.15, -0.1) is 0 Å². The number of benzene rings is 1. The van der Waals surface area contributed by atoms with Gasteiger partial charge in [0.1, 0.15) is 24.4 Å². The zero-order chi connectivity index (χ0) is 17.0. The summed E-state index contributed by atoms with van der Waals surface area (Å²) in [6.07, 6.45) is -4.72. The fraction of sp³-hybridized carbons (Fsp3) is 0.562. The summed E-state index contributed by atoms with van der Waals surface area (Å²) in [5.41, 5.74) is 1.28. The molecule has 0 radical (unpaired) electrons. The molecule has 0 aromatic heterocycles. The lowest BCUT2D eigenvalue weighted by atomic mass is 9.91. The van der Waals surface area contributed by atoms with E-state index in [1.807, 2.05) is 6.07 Å². The molecule has 1 unspecified atom stereocenters. The minimum Gasteiger partial charge on any atom is -0.465 e. The molecular formula is C16H22O7. The monoisotopic (exact) mass is 326 g/mol. The number of aryl methyl sites for hydroxylation is 1. The number of hydrogen-bond donors (Lipinski definition) is 4. The Labute approximate surface area is 134 Å². The lowest BCUT2D eigenvalue weighted by Gasteiger charge is -2.40. The van der Waals surface area contributed by atoms with Gasteiger partial charge in [0, 0.05) is 0 Å². The minimum atomic E-state index is -1.37. The van der Waals surface area contributed by atoms with Gasteiger partial charge in [-0.05, 0) is 30.5 Å². The van der Waals surface area contributed by atoms with Gasteiger partial charge in [0.2, 0.25) is 0 Å². The van der Waals surface area contributed by atoms with Gasteiger partial charge >= 0.3 is 5.97 Å². The Hall–Kier alpha value is -1.51. The van der Waals surface area contributed by atoms with Crippen LogP contribution in [0.3, 0.4) is 0 Å². The molecule has 0 bridgehead atoms. The molecule has 7 nitrogen and oxygen atoms in total. The molecule has 1 aromatic rings. The van der Waals surface area contributed by atoms with Crippen LogP contribution in [0.2, 0.25) is 0 Å². The van der Waals surface area contributed by atoms with Crippen molar-refractivity contribution in [2.24, 2.45) is 0 Å². The van der Waals surface area contributed by atoms with Crippen molar-refractivity contribution in [2.45, 2.75) is 43.4 Å². The molecule has 0 spiro atoms. The smallest absolute Gasteiger partial charge is 0.337 e. The largest absolute Gasteiger partial charge is 0.465 e. The molecule has 1 aliphatic heterocycles. The summed E-state index contributed by atoms with van der Waals surface area (Å²) in [7, 11) is 1.31. The summed E-state index contributed by atoms with van der Waals surface area (Å²) in [5, 5.41) is 38.7. The van der Waals surface area contributed by atoms with E-state index in [0.29, 0.717) is 18.4 Å². The third-order valence-corrected chi connectivity index (χ3v) is 4.06. The normalized spacial score (nSPS) is 30.9. The second-order valence-corrected chi connectivity index (χ2v) is 5.60. The molecule has 1 saturated heterocycles. The van der Waals surface area contributed by atoms with Crippen LogP contribution in [0, 0.1) is 0 Å². The van der Waals surface area contributed by atoms with Crippen LogP contribution in [-0.4, -0.2) is 70.6 Å². The van der Waals surface area contributed by atoms with E-state index >= 15 is 0 Å². The van der Waals surface area contributed by atoms with Crippen molar-refractivity contribution in [2.75, 3.05) is 13.7 Å². The van der Waals surface area contributed by atoms with Gasteiger partial charge in [0.05, 0.1) is 25.4 Å². The molecule has 7 heteroatoms. The fourth-order valence-corrected chi connectivity index (χ4v) is 2.70. The van der Waals surface area contributed by atoms with Crippen molar-refractivity contribution in [3.8, 4) is 0 Å². The third kappa shape index (κ3) is 4.07. The Morgan fingerprint density at radius 3 is 2.52 bits per heavy atom. The molecule has 5 atom stereocenters. The van der Waals surface area contributed by atoms with E-state index in [9.17, 15) is 20.1 Å². The minimum absolute atomic E-state index is 0.367. The number of hydrogen-bond acceptors (Lipinski definition) is 7. The van der Waals surface area contributed by atoms with Gasteiger partial charge < -0.3 is 29.9 Å². The Kier molecular flexibility index (Phi) is 6.09. The van der Waals surface area contributed by atoms with Gasteiger partial charge in [0.25, 0.3) is 0 Å². The first-order chi connectivity index (χ1) is 11.0. The van der Waals surface area contributed by atoms with E-state index in [-0.39, 0.29) is 0 Å². The van der Waals surface area contributed by atoms with Crippen LogP contribution >= 0.6 is 0 Å². The van der Waals surface area contributed by atoms with Gasteiger partial charge in [-0.3, -0.25) is 0 Å². The highest BCUT2D eigenvalue weighted by atomic mass is 16.5. The Balaban J connectivity index is 2.01. The number of aliphatic hydroxyl groups excluding tert-OH is 4. The topological polar surface area (TPSA) is 116 Å². The van der Waals surface area contributed by atoms with E-state index in [2.05, 4.69) is 4.74 Å². The first-order valence-electron chi connectivity index (χ1n) is 7.45. The van der Waals surface area contributed by atoms with Crippen LogP contribution in [0.5, 0.6) is 0 Å². The van der Waals surface area contributed by atoms with Gasteiger partial charge in [0.15, 0.2) is 0 Å². The standard InChI is InChI=1S/C16H22O7/c1-22-16(21)10-4-2-3-9(7-10)5-6-11-13(18)15(20)14(19)12(8-17)23-11/h2-4,7,11-15,17-20H,5-6,8H2,1H3/t11?,12-,13+,14-,15-/m1/s1. The number of carbonyl (C=O) groups is 1. The van der Waals surface area contributed by atoms with Gasteiger partial charge in [-0.2, -0.15) is 0 Å². The first kappa shape index (κ1) is 17.8. The van der Waals surface area contributed by atoms with Crippen molar-refractivity contribution in [1.29, 1.82) is 0 Å². The van der Waals surface area contributed by atoms with Crippen LogP contribution in [0.1, 0.15) is 22.3 Å². The molecular weight excluding hydrogens is 304 g/mol. The Morgan fingerprint density at radius 2 is 1.87 bits per heavy atom. The molecule has 0 saturated carbocycles. The van der Waals surface area contributed by atoms with Crippen LogP contribution in [0.25, 0.3) is 0 Å². The summed E-state index contributed by atoms with van der Waals surface area (Å²) in [6.45, 7) is -0.445. The molecule has 1 heterocycles. The predicted octanol–water partition coefficient (Wildman–Crippen LogP) is -0.752. The maximum atomic E-state index is 11.5. The lowest BCUT2D eigenvalue weighted by molar-refractivity contribution is -0.230. The summed E-state index contributed by atoms with van der Waals surface area (Å²) >= 11 is 0. The number of aliphatic hydroxyl groups is 4. The lowest BCUT2D eigenvalue weighted by Crippen LogP contribution is -2.58. The maximum absolute atomic E-state index is 11.5. The zero-order valence-electron chi connectivity index (χ0n) is 12.8. The number of methoxy groups -OCH3 is 1. The number of esters is 1. The van der Waals surface area contributed by atoms with Crippen LogP contribution in [0.4, 0.5) is 0 Å². The number of rotatable bonds is 5. The molecule has 1 aliphatic rings. The molecule has 0 amide bonds. The van der Waals surface area contributed by atoms with E-state index in [1.54, 1.807) is 18.2 Å². The molecule has 1 aromatic carbocycles. The summed E-state index contributed by atoms with van der Waals surface area (Å²) in [6, 6.07) is 6.89. The fourth-order valence-electron chi connectivity index (χ4n) is 2.70. The average molecular weight is 326 g/mol. The quantitative estimate of drug-likeness (QED) is 0.526. The third-order valence-electron chi connectivity index (χ3n) is 4.06. The predicted molar refractivity (Wildman–Crippen MR) is 79.9 cm³/mol. The second-order valence-electron chi connectivity index (χ2n) is 5.60. The van der Waals surface area contributed by atoms with Crippen molar-refractivity contribution in [1.82, 2.24) is 0 Å². The first-order valence-corrected chi connectivity index (χ1v) is 7.45. The maximum Gasteiger partial charge on any atom is 0.337 e. The SMILES string of the molecule is COC(=O)c1cccc(CCC2O[C@H](CO)[C@@H](O)[C@H](O)[C@H]2O)c1. The van der Waals surface area contributed by atoms with Crippen molar-refractivity contribution in [3.05, 3.63) is 35.4 Å². The Morgan fingerprint density at radius 1 is 1.17 bits per heavy atom. The van der Waals surface area contributed by atoms with Gasteiger partial charge in [-0.1, -0.05) is 12.1 Å². The molecule has 128 valence electrons. The van der Waals surface area contributed by atoms with Crippen molar-refractivity contribution >= 4 is 5.97 Å². The van der Waals surface area contributed by atoms with E-state index in [0.717, 1.165) is 5.56 Å². The summed E-state index contributed by atoms with van der Waals surface area (Å²) in [5.74, 6) is -0.431. The molecule has 1 fully saturated rings. The highest BCUT2D eigenvalue weighted by molar-refractivity contribution is 5.89. The highest BCUT2D eigenvalue weighted by Crippen LogP contribution is 2.24.